The van der Waals surface area contributed by atoms with E-state index in [1.165, 1.54) is 39.0 Å². The first-order valence-electron chi connectivity index (χ1n) is 12.5. The Morgan fingerprint density at radius 3 is 2.08 bits per heavy atom. The van der Waals surface area contributed by atoms with Crippen LogP contribution in [0.3, 0.4) is 0 Å². The molecule has 1 aliphatic carbocycles. The van der Waals surface area contributed by atoms with E-state index in [1.54, 1.807) is 24.3 Å². The minimum absolute atomic E-state index is 0.0454. The average Bonchev–Trinajstić information content (AvgIpc) is 2.90. The summed E-state index contributed by atoms with van der Waals surface area (Å²) in [5.74, 6) is 5.63. The summed E-state index contributed by atoms with van der Waals surface area (Å²) in [6.45, 7) is 0.605. The molecule has 1 fully saturated rings. The van der Waals surface area contributed by atoms with E-state index >= 15 is 0 Å². The van der Waals surface area contributed by atoms with Crippen LogP contribution >= 0.6 is 0 Å². The number of hydrogen-bond acceptors (Lipinski definition) is 5. The van der Waals surface area contributed by atoms with Crippen molar-refractivity contribution in [2.75, 3.05) is 11.9 Å². The van der Waals surface area contributed by atoms with Crippen LogP contribution in [0.4, 0.5) is 5.69 Å². The number of amides is 2. The molecule has 2 atom stereocenters. The van der Waals surface area contributed by atoms with Gasteiger partial charge in [-0.3, -0.25) is 14.4 Å². The highest BCUT2D eigenvalue weighted by atomic mass is 16.3. The Balaban J connectivity index is 1.51. The molecule has 0 saturated heterocycles. The second-order valence-electron chi connectivity index (χ2n) is 9.31. The number of aliphatic hydroxyl groups excluding tert-OH is 2. The maximum Gasteiger partial charge on any atom is 0.251 e. The van der Waals surface area contributed by atoms with Gasteiger partial charge in [0, 0.05) is 28.8 Å². The van der Waals surface area contributed by atoms with E-state index < -0.39 is 30.4 Å². The fraction of sp³-hybridized carbons (Fsp3) is 0.414. The first-order valence-corrected chi connectivity index (χ1v) is 12.5. The first-order chi connectivity index (χ1) is 17.4. The van der Waals surface area contributed by atoms with Gasteiger partial charge in [-0.05, 0) is 67.8 Å². The van der Waals surface area contributed by atoms with Crippen LogP contribution in [0.15, 0.2) is 48.5 Å². The summed E-state index contributed by atoms with van der Waals surface area (Å²) in [5, 5.41) is 24.1. The lowest BCUT2D eigenvalue weighted by Gasteiger charge is -2.20. The highest BCUT2D eigenvalue weighted by molar-refractivity contribution is 5.98. The number of benzene rings is 2. The van der Waals surface area contributed by atoms with Gasteiger partial charge in [0.15, 0.2) is 5.78 Å². The Morgan fingerprint density at radius 1 is 0.944 bits per heavy atom. The van der Waals surface area contributed by atoms with Gasteiger partial charge in [0.25, 0.3) is 5.91 Å². The number of Topliss-reactive ketones (excluding diaryl/α,β-unsaturated/α-hetero) is 1. The molecule has 7 nitrogen and oxygen atoms in total. The fourth-order valence-electron chi connectivity index (χ4n) is 4.31. The van der Waals surface area contributed by atoms with Gasteiger partial charge < -0.3 is 20.8 Å². The number of aliphatic hydroxyl groups is 2. The molecule has 0 radical (unpaired) electrons. The van der Waals surface area contributed by atoms with Gasteiger partial charge in [0.2, 0.25) is 5.91 Å². The highest BCUT2D eigenvalue weighted by Crippen LogP contribution is 2.27. The topological polar surface area (TPSA) is 116 Å². The lowest BCUT2D eigenvalue weighted by atomic mass is 9.86. The predicted octanol–water partition coefficient (Wildman–Crippen LogP) is 3.43. The smallest absolute Gasteiger partial charge is 0.251 e. The van der Waals surface area contributed by atoms with E-state index in [-0.39, 0.29) is 5.91 Å². The molecule has 0 spiro atoms. The number of ketones is 1. The zero-order chi connectivity index (χ0) is 25.9. The number of carbonyl (C=O) groups excluding carboxylic acids is 3. The average molecular weight is 491 g/mol. The van der Waals surface area contributed by atoms with Gasteiger partial charge in [-0.25, -0.2) is 0 Å². The molecule has 1 saturated carbocycles. The van der Waals surface area contributed by atoms with Crippen molar-refractivity contribution in [3.05, 3.63) is 65.2 Å². The van der Waals surface area contributed by atoms with Crippen molar-refractivity contribution in [1.82, 2.24) is 5.32 Å². The second-order valence-corrected chi connectivity index (χ2v) is 9.31. The zero-order valence-electron chi connectivity index (χ0n) is 20.6. The maximum absolute atomic E-state index is 12.4. The Kier molecular flexibility index (Phi) is 10.2. The molecule has 2 aromatic rings. The minimum Gasteiger partial charge on any atom is -0.391 e. The van der Waals surface area contributed by atoms with Crippen LogP contribution in [-0.2, 0) is 9.59 Å². The predicted molar refractivity (Wildman–Crippen MR) is 138 cm³/mol. The maximum atomic E-state index is 12.4. The lowest BCUT2D eigenvalue weighted by Crippen LogP contribution is -2.48. The molecule has 2 aromatic carbocycles. The monoisotopic (exact) mass is 490 g/mol. The fourth-order valence-corrected chi connectivity index (χ4v) is 4.31. The number of hydrogen-bond donors (Lipinski definition) is 4. The van der Waals surface area contributed by atoms with E-state index in [1.807, 2.05) is 24.3 Å². The summed E-state index contributed by atoms with van der Waals surface area (Å²) in [7, 11) is 0. The minimum atomic E-state index is -1.17. The van der Waals surface area contributed by atoms with Gasteiger partial charge >= 0.3 is 0 Å². The molecule has 7 heteroatoms. The van der Waals surface area contributed by atoms with Crippen molar-refractivity contribution in [2.24, 2.45) is 5.92 Å². The van der Waals surface area contributed by atoms with E-state index in [0.29, 0.717) is 23.5 Å². The van der Waals surface area contributed by atoms with Crippen molar-refractivity contribution in [1.29, 1.82) is 0 Å². The standard InChI is InChI=1S/C29H34N2O5/c1-20(33)28(26(34)19-32)31-29(36)24-14-9-22(10-15-24)7-8-23-11-16-25(17-12-23)30-27(35)18-13-21-5-3-2-4-6-21/h9-12,14-17,20-21,28,32-33H,2-6,13,18-19H2,1H3,(H,30,35)(H,31,36)/t20-,28+/m1/s1. The van der Waals surface area contributed by atoms with Gasteiger partial charge in [0.1, 0.15) is 12.6 Å². The lowest BCUT2D eigenvalue weighted by molar-refractivity contribution is -0.126. The highest BCUT2D eigenvalue weighted by Gasteiger charge is 2.25. The summed E-state index contributed by atoms with van der Waals surface area (Å²) < 4.78 is 0. The van der Waals surface area contributed by atoms with Gasteiger partial charge in [-0.1, -0.05) is 43.9 Å². The summed E-state index contributed by atoms with van der Waals surface area (Å²) in [4.78, 5) is 36.3. The molecular weight excluding hydrogens is 456 g/mol. The van der Waals surface area contributed by atoms with Crippen molar-refractivity contribution >= 4 is 23.3 Å². The number of nitrogens with one attached hydrogen (secondary N) is 2. The molecule has 0 aliphatic heterocycles. The number of carbonyl (C=O) groups is 3. The molecule has 3 rings (SSSR count). The van der Waals surface area contributed by atoms with Crippen molar-refractivity contribution in [2.45, 2.75) is 64.0 Å². The van der Waals surface area contributed by atoms with Crippen LogP contribution in [0, 0.1) is 17.8 Å². The van der Waals surface area contributed by atoms with Crippen LogP contribution in [0.25, 0.3) is 0 Å². The third-order valence-electron chi connectivity index (χ3n) is 6.44. The molecule has 0 bridgehead atoms. The quantitative estimate of drug-likeness (QED) is 0.402. The van der Waals surface area contributed by atoms with Gasteiger partial charge in [-0.2, -0.15) is 0 Å². The molecule has 2 amide bonds. The van der Waals surface area contributed by atoms with Gasteiger partial charge in [0.05, 0.1) is 6.10 Å². The number of rotatable bonds is 9. The number of anilines is 1. The van der Waals surface area contributed by atoms with Crippen molar-refractivity contribution in [3.8, 4) is 11.8 Å². The molecule has 4 N–H and O–H groups in total. The third kappa shape index (κ3) is 8.33. The van der Waals surface area contributed by atoms with E-state index in [2.05, 4.69) is 22.5 Å². The normalized spacial score (nSPS) is 15.2. The summed E-state index contributed by atoms with van der Waals surface area (Å²) in [6.07, 6.45) is 6.76. The summed E-state index contributed by atoms with van der Waals surface area (Å²) in [5.41, 5.74) is 2.55. The summed E-state index contributed by atoms with van der Waals surface area (Å²) in [6, 6.07) is 12.7. The zero-order valence-corrected chi connectivity index (χ0v) is 20.6. The van der Waals surface area contributed by atoms with Crippen LogP contribution in [0.2, 0.25) is 0 Å². The molecule has 1 aliphatic rings. The van der Waals surface area contributed by atoms with Gasteiger partial charge in [-0.15, -0.1) is 0 Å². The first kappa shape index (κ1) is 27.1. The summed E-state index contributed by atoms with van der Waals surface area (Å²) >= 11 is 0. The molecule has 190 valence electrons. The van der Waals surface area contributed by atoms with E-state index in [0.717, 1.165) is 17.7 Å². The Labute approximate surface area is 212 Å². The van der Waals surface area contributed by atoms with E-state index in [4.69, 9.17) is 5.11 Å². The van der Waals surface area contributed by atoms with Crippen LogP contribution < -0.4 is 10.6 Å². The SMILES string of the molecule is C[C@@H](O)[C@H](NC(=O)c1ccc(C#Cc2ccc(NC(=O)CCC3CCCCC3)cc2)cc1)C(=O)CO. The van der Waals surface area contributed by atoms with Crippen LogP contribution in [0.1, 0.15) is 73.4 Å². The van der Waals surface area contributed by atoms with Crippen molar-refractivity contribution in [3.63, 3.8) is 0 Å². The largest absolute Gasteiger partial charge is 0.391 e. The third-order valence-corrected chi connectivity index (χ3v) is 6.44. The van der Waals surface area contributed by atoms with Crippen LogP contribution in [0.5, 0.6) is 0 Å². The molecule has 0 aromatic heterocycles. The van der Waals surface area contributed by atoms with E-state index in [9.17, 15) is 19.5 Å². The van der Waals surface area contributed by atoms with Crippen LogP contribution in [-0.4, -0.2) is 46.6 Å². The van der Waals surface area contributed by atoms with Crippen molar-refractivity contribution < 1.29 is 24.6 Å². The molecule has 0 unspecified atom stereocenters. The Morgan fingerprint density at radius 2 is 1.53 bits per heavy atom. The Bertz CT molecular complexity index is 1090. The second kappa shape index (κ2) is 13.6. The molecule has 36 heavy (non-hydrogen) atoms. The molecular formula is C29H34N2O5. The Hall–Kier alpha value is -3.47. The molecule has 0 heterocycles.